The fourth-order valence-corrected chi connectivity index (χ4v) is 11.0. The number of aliphatic hydroxyl groups excluding tert-OH is 4. The number of rotatable bonds is 31. The highest BCUT2D eigenvalue weighted by molar-refractivity contribution is 5.88. The number of nitrogens with two attached hydrogens (primary N) is 1. The third kappa shape index (κ3) is 17.3. The number of amides is 1. The highest BCUT2D eigenvalue weighted by atomic mass is 16.7. The van der Waals surface area contributed by atoms with Crippen molar-refractivity contribution in [1.82, 2.24) is 19.4 Å². The molecule has 8 N–H and O–H groups in total. The molecule has 4 fully saturated rings. The molecule has 0 aromatic carbocycles. The van der Waals surface area contributed by atoms with Crippen LogP contribution in [0, 0.1) is 5.92 Å². The molecule has 0 bridgehead atoms. The summed E-state index contributed by atoms with van der Waals surface area (Å²) in [6, 6.07) is -2.60. The molecule has 27 nitrogen and oxygen atoms in total. The zero-order chi connectivity index (χ0) is 59.0. The quantitative estimate of drug-likeness (QED) is 0.0288. The van der Waals surface area contributed by atoms with Crippen molar-refractivity contribution in [2.45, 2.75) is 227 Å². The first-order valence-corrected chi connectivity index (χ1v) is 27.8. The maximum atomic E-state index is 14.7. The van der Waals surface area contributed by atoms with E-state index in [2.05, 4.69) is 6.92 Å². The fraction of sp³-hybridized carbons (Fsp3) is 0.830. The Morgan fingerprint density at radius 2 is 1.35 bits per heavy atom. The van der Waals surface area contributed by atoms with Gasteiger partial charge in [0.05, 0.1) is 12.5 Å². The molecule has 4 aliphatic heterocycles. The lowest BCUT2D eigenvalue weighted by Crippen LogP contribution is -2.59. The number of H-pyrrole nitrogens is 1. The monoisotopic (exact) mass is 1150 g/mol. The van der Waals surface area contributed by atoms with E-state index >= 15 is 0 Å². The van der Waals surface area contributed by atoms with Gasteiger partial charge in [-0.15, -0.1) is 0 Å². The van der Waals surface area contributed by atoms with Crippen molar-refractivity contribution in [3.63, 3.8) is 0 Å². The zero-order valence-electron chi connectivity index (χ0n) is 47.2. The zero-order valence-corrected chi connectivity index (χ0v) is 47.2. The fourth-order valence-electron chi connectivity index (χ4n) is 11.0. The summed E-state index contributed by atoms with van der Waals surface area (Å²) in [5.41, 5.74) is 3.95. The Morgan fingerprint density at radius 3 is 1.93 bits per heavy atom. The lowest BCUT2D eigenvalue weighted by atomic mass is 9.97. The van der Waals surface area contributed by atoms with Crippen LogP contribution in [0.1, 0.15) is 123 Å². The van der Waals surface area contributed by atoms with Gasteiger partial charge >= 0.3 is 29.6 Å². The Hall–Kier alpha value is -4.49. The number of hydrogen-bond donors (Lipinski definition) is 7. The van der Waals surface area contributed by atoms with Crippen molar-refractivity contribution in [1.29, 1.82) is 0 Å². The van der Waals surface area contributed by atoms with Crippen LogP contribution in [-0.2, 0) is 71.3 Å². The lowest BCUT2D eigenvalue weighted by molar-refractivity contribution is -0.297. The molecule has 0 saturated carbocycles. The van der Waals surface area contributed by atoms with Gasteiger partial charge in [0.1, 0.15) is 79.3 Å². The van der Waals surface area contributed by atoms with Gasteiger partial charge in [-0.1, -0.05) is 78.1 Å². The molecule has 80 heavy (non-hydrogen) atoms. The van der Waals surface area contributed by atoms with Gasteiger partial charge < -0.3 is 83.5 Å². The Bertz CT molecular complexity index is 2260. The summed E-state index contributed by atoms with van der Waals surface area (Å²) >= 11 is 0. The van der Waals surface area contributed by atoms with E-state index in [9.17, 15) is 59.1 Å². The summed E-state index contributed by atoms with van der Waals surface area (Å²) in [7, 11) is 6.88. The Morgan fingerprint density at radius 1 is 0.750 bits per heavy atom. The highest BCUT2D eigenvalue weighted by Crippen LogP contribution is 2.37. The highest BCUT2D eigenvalue weighted by Gasteiger charge is 2.57. The molecule has 5 rings (SSSR count). The van der Waals surface area contributed by atoms with Crippen LogP contribution in [0.4, 0.5) is 0 Å². The second-order valence-corrected chi connectivity index (χ2v) is 21.4. The van der Waals surface area contributed by atoms with Crippen LogP contribution >= 0.6 is 0 Å². The van der Waals surface area contributed by atoms with Gasteiger partial charge in [0.15, 0.2) is 18.6 Å². The van der Waals surface area contributed by atoms with Gasteiger partial charge in [-0.05, 0) is 32.7 Å². The van der Waals surface area contributed by atoms with Crippen molar-refractivity contribution < 1.29 is 96.9 Å². The van der Waals surface area contributed by atoms with E-state index in [0.717, 1.165) is 60.9 Å². The van der Waals surface area contributed by atoms with Crippen molar-refractivity contribution in [3.8, 4) is 0 Å². The van der Waals surface area contributed by atoms with Crippen LogP contribution in [0.15, 0.2) is 21.9 Å². The first kappa shape index (κ1) is 66.3. The average molecular weight is 1150 g/mol. The number of aliphatic carboxylic acids is 1. The number of nitrogens with zero attached hydrogens (tertiary/aromatic N) is 3. The number of carbonyl (C=O) groups is 5. The van der Waals surface area contributed by atoms with Crippen molar-refractivity contribution in [2.75, 3.05) is 48.5 Å². The number of carbonyl (C=O) groups excluding carboxylic acids is 4. The van der Waals surface area contributed by atoms with Crippen LogP contribution in [0.2, 0.25) is 0 Å². The number of hydrogen-bond acceptors (Lipinski definition) is 23. The molecule has 4 saturated heterocycles. The van der Waals surface area contributed by atoms with E-state index in [0.29, 0.717) is 6.42 Å². The lowest BCUT2D eigenvalue weighted by Gasteiger charge is -2.43. The first-order valence-electron chi connectivity index (χ1n) is 27.8. The minimum atomic E-state index is -1.97. The molecule has 1 aromatic heterocycles. The summed E-state index contributed by atoms with van der Waals surface area (Å²) in [6.45, 7) is 4.78. The van der Waals surface area contributed by atoms with E-state index in [1.807, 2.05) is 4.98 Å². The largest absolute Gasteiger partial charge is 0.480 e. The number of carboxylic acids is 1. The van der Waals surface area contributed by atoms with Gasteiger partial charge in [-0.25, -0.2) is 9.59 Å². The van der Waals surface area contributed by atoms with Crippen LogP contribution in [0.3, 0.4) is 0 Å². The molecule has 0 unspecified atom stereocenters. The van der Waals surface area contributed by atoms with E-state index < -0.39 is 170 Å². The molecule has 1 amide bonds. The van der Waals surface area contributed by atoms with E-state index in [4.69, 9.17) is 53.1 Å². The summed E-state index contributed by atoms with van der Waals surface area (Å²) in [5.74, 6) is -5.57. The minimum absolute atomic E-state index is 0.214. The van der Waals surface area contributed by atoms with Crippen LogP contribution in [-0.4, -0.2) is 227 Å². The average Bonchev–Trinajstić information content (AvgIpc) is 3.90. The molecule has 0 spiro atoms. The van der Waals surface area contributed by atoms with Gasteiger partial charge in [0.2, 0.25) is 12.2 Å². The SMILES string of the molecule is CCCCCCCCCCCCC[C@@H](CC(=O)O[C@H]1CN(C)[C@@H]([C@H](O[C@@H]2O[C@H](CN)[C@@H](O)[C@H]2O)[C@H]2O[C@@H](n3ccc(=O)[nH]c3=O)[C@H](O)[C@@H]2O)C(=O)N(C)[C@@H]1C(=O)O)OC(=O)C[C@H](C)CC(=O)O[C@@H]1O[C@H](C)[C@@H](OC)[C@@H](OC)[C@H]1OC. The number of aliphatic hydroxyl groups is 4. The molecule has 1 aromatic rings. The smallest absolute Gasteiger partial charge is 0.330 e. The van der Waals surface area contributed by atoms with Gasteiger partial charge in [0.25, 0.3) is 5.56 Å². The number of aromatic nitrogens is 2. The van der Waals surface area contributed by atoms with E-state index in [1.165, 1.54) is 65.4 Å². The number of methoxy groups -OCH3 is 3. The first-order chi connectivity index (χ1) is 38.1. The Balaban J connectivity index is 1.32. The second kappa shape index (κ2) is 31.8. The molecule has 27 heteroatoms. The second-order valence-electron chi connectivity index (χ2n) is 21.4. The van der Waals surface area contributed by atoms with E-state index in [1.54, 1.807) is 13.8 Å². The third-order valence-corrected chi connectivity index (χ3v) is 15.4. The summed E-state index contributed by atoms with van der Waals surface area (Å²) < 4.78 is 58.8. The number of carboxylic acid groups (broad SMARTS) is 1. The van der Waals surface area contributed by atoms with E-state index in [-0.39, 0.29) is 25.8 Å². The van der Waals surface area contributed by atoms with Crippen LogP contribution < -0.4 is 17.0 Å². The number of aromatic amines is 1. The number of unbranched alkanes of at least 4 members (excludes halogenated alkanes) is 10. The maximum absolute atomic E-state index is 14.7. The molecule has 4 aliphatic rings. The summed E-state index contributed by atoms with van der Waals surface area (Å²) in [5, 5.41) is 55.2. The molecule has 0 radical (unpaired) electrons. The van der Waals surface area contributed by atoms with Crippen molar-refractivity contribution >= 4 is 29.8 Å². The Labute approximate surface area is 465 Å². The predicted molar refractivity (Wildman–Crippen MR) is 279 cm³/mol. The van der Waals surface area contributed by atoms with Gasteiger partial charge in [0, 0.05) is 66.6 Å². The minimum Gasteiger partial charge on any atom is -0.480 e. The summed E-state index contributed by atoms with van der Waals surface area (Å²) in [4.78, 5) is 97.6. The van der Waals surface area contributed by atoms with Crippen LogP contribution in [0.5, 0.6) is 0 Å². The van der Waals surface area contributed by atoms with Gasteiger partial charge in [-0.2, -0.15) is 0 Å². The number of likely N-dealkylation sites (N-methyl/N-ethyl adjacent to an activating group) is 2. The Kier molecular flexibility index (Phi) is 26.4. The molecule has 0 aliphatic carbocycles. The molecule has 5 heterocycles. The molecular weight excluding hydrogens is 1060 g/mol. The number of ether oxygens (including phenoxy) is 10. The standard InChI is InChI=1S/C53H87N5O22/c1-9-10-11-12-13-14-15-16-17-18-19-20-30(75-34(60)23-28(2)24-35(61)78-52-47(73-8)46(72-7)43(71-6)29(3)74-52)25-36(62)76-32-27-56(4)38(48(67)57(5)37(32)50(68)69)44(80-51-42(66)39(63)31(26-54)77-51)45-40(64)41(65)49(79-45)58-22-21-33(59)55-53(58)70/h21-22,28-32,37-47,49,51-52,63-66H,9-20,23-27,54H2,1-8H3,(H,68,69)(H,55,59,70)/t28-,29+,30-,31+,32-,37-,38-,39+,40-,41+,42+,43+,44-,45-,46+,47+,49+,51-,52-/m0/s1. The molecule has 19 atom stereocenters. The normalized spacial score (nSPS) is 32.3. The maximum Gasteiger partial charge on any atom is 0.330 e. The summed E-state index contributed by atoms with van der Waals surface area (Å²) in [6.07, 6.45) is -10.1. The molecule has 456 valence electrons. The third-order valence-electron chi connectivity index (χ3n) is 15.4. The van der Waals surface area contributed by atoms with Crippen LogP contribution in [0.25, 0.3) is 0 Å². The van der Waals surface area contributed by atoms with Gasteiger partial charge in [-0.3, -0.25) is 38.4 Å². The van der Waals surface area contributed by atoms with Crippen molar-refractivity contribution in [2.24, 2.45) is 11.7 Å². The van der Waals surface area contributed by atoms with Crippen molar-refractivity contribution in [3.05, 3.63) is 33.1 Å². The number of nitrogens with one attached hydrogen (secondary N) is 1. The topological polar surface area (TPSA) is 366 Å². The number of esters is 3. The predicted octanol–water partition coefficient (Wildman–Crippen LogP) is -0.164. The molecular formula is C53H87N5O22.